The summed E-state index contributed by atoms with van der Waals surface area (Å²) in [6, 6.07) is 5.70. The van der Waals surface area contributed by atoms with Gasteiger partial charge in [0.1, 0.15) is 18.2 Å². The van der Waals surface area contributed by atoms with E-state index in [4.69, 9.17) is 4.74 Å². The molecule has 0 aromatic carbocycles. The maximum Gasteiger partial charge on any atom is 0.264 e. The first-order valence-corrected chi connectivity index (χ1v) is 9.74. The molecule has 2 fully saturated rings. The third-order valence-corrected chi connectivity index (χ3v) is 5.62. The molecule has 2 aliphatic rings. The minimum atomic E-state index is -0.00646. The molecule has 4 rings (SSSR count). The Morgan fingerprint density at radius 2 is 2.08 bits per heavy atom. The molecular weight excluding hydrogens is 336 g/mol. The number of likely N-dealkylation sites (tertiary alicyclic amines) is 1. The van der Waals surface area contributed by atoms with Crippen LogP contribution in [0.25, 0.3) is 0 Å². The van der Waals surface area contributed by atoms with E-state index in [0.29, 0.717) is 12.4 Å². The van der Waals surface area contributed by atoms with Crippen molar-refractivity contribution in [3.05, 3.63) is 34.8 Å². The molecule has 1 amide bonds. The fourth-order valence-electron chi connectivity index (χ4n) is 3.43. The SMILES string of the molecule is O=C(c1cccs1)N1CC[C@H](Oc2cc(N3CCCCC3)ncn2)C1. The number of hydrogen-bond donors (Lipinski definition) is 0. The lowest BCUT2D eigenvalue weighted by Crippen LogP contribution is -2.31. The highest BCUT2D eigenvalue weighted by Crippen LogP contribution is 2.23. The van der Waals surface area contributed by atoms with Crippen LogP contribution in [0.5, 0.6) is 5.88 Å². The summed E-state index contributed by atoms with van der Waals surface area (Å²) in [5.74, 6) is 1.64. The molecule has 2 aromatic rings. The Balaban J connectivity index is 1.37. The summed E-state index contributed by atoms with van der Waals surface area (Å²) in [5, 5.41) is 1.93. The number of nitrogens with zero attached hydrogens (tertiary/aromatic N) is 4. The Hall–Kier alpha value is -2.15. The van der Waals surface area contributed by atoms with E-state index in [-0.39, 0.29) is 12.0 Å². The van der Waals surface area contributed by atoms with Gasteiger partial charge in [-0.2, -0.15) is 0 Å². The number of thiophene rings is 1. The van der Waals surface area contributed by atoms with Crippen molar-refractivity contribution < 1.29 is 9.53 Å². The van der Waals surface area contributed by atoms with Gasteiger partial charge >= 0.3 is 0 Å². The predicted octanol–water partition coefficient (Wildman–Crippen LogP) is 2.82. The number of carbonyl (C=O) groups is 1. The lowest BCUT2D eigenvalue weighted by molar-refractivity contribution is 0.0776. The number of anilines is 1. The third-order valence-electron chi connectivity index (χ3n) is 4.76. The molecule has 6 nitrogen and oxygen atoms in total. The van der Waals surface area contributed by atoms with Crippen molar-refractivity contribution in [2.45, 2.75) is 31.8 Å². The molecule has 2 saturated heterocycles. The van der Waals surface area contributed by atoms with Crippen LogP contribution >= 0.6 is 11.3 Å². The summed E-state index contributed by atoms with van der Waals surface area (Å²) < 4.78 is 6.04. The number of ether oxygens (including phenoxy) is 1. The van der Waals surface area contributed by atoms with Crippen molar-refractivity contribution in [2.75, 3.05) is 31.1 Å². The van der Waals surface area contributed by atoms with Gasteiger partial charge in [0.25, 0.3) is 5.91 Å². The fourth-order valence-corrected chi connectivity index (χ4v) is 4.12. The van der Waals surface area contributed by atoms with E-state index in [1.54, 1.807) is 6.33 Å². The van der Waals surface area contributed by atoms with Gasteiger partial charge in [-0.25, -0.2) is 9.97 Å². The molecule has 2 aliphatic heterocycles. The molecule has 0 unspecified atom stereocenters. The molecule has 0 aliphatic carbocycles. The van der Waals surface area contributed by atoms with Gasteiger partial charge in [-0.1, -0.05) is 6.07 Å². The lowest BCUT2D eigenvalue weighted by atomic mass is 10.1. The van der Waals surface area contributed by atoms with Gasteiger partial charge in [0.05, 0.1) is 11.4 Å². The standard InChI is InChI=1S/C18H22N4O2S/c23-18(15-5-4-10-25-15)22-9-6-14(12-22)24-17-11-16(19-13-20-17)21-7-2-1-3-8-21/h4-5,10-11,13-14H,1-3,6-9,12H2/t14-/m0/s1. The van der Waals surface area contributed by atoms with E-state index in [2.05, 4.69) is 14.9 Å². The average Bonchev–Trinajstić information content (AvgIpc) is 3.34. The van der Waals surface area contributed by atoms with Crippen molar-refractivity contribution in [3.63, 3.8) is 0 Å². The molecule has 0 bridgehead atoms. The second-order valence-corrected chi connectivity index (χ2v) is 7.47. The Labute approximate surface area is 151 Å². The van der Waals surface area contributed by atoms with Crippen LogP contribution in [-0.4, -0.2) is 53.1 Å². The normalized spacial score (nSPS) is 20.7. The van der Waals surface area contributed by atoms with Crippen LogP contribution in [0.2, 0.25) is 0 Å². The van der Waals surface area contributed by atoms with Gasteiger partial charge in [0.15, 0.2) is 0 Å². The number of aromatic nitrogens is 2. The molecular formula is C18H22N4O2S. The highest BCUT2D eigenvalue weighted by Gasteiger charge is 2.29. The number of hydrogen-bond acceptors (Lipinski definition) is 6. The molecule has 25 heavy (non-hydrogen) atoms. The van der Waals surface area contributed by atoms with Crippen molar-refractivity contribution in [1.82, 2.24) is 14.9 Å². The summed E-state index contributed by atoms with van der Waals surface area (Å²) in [4.78, 5) is 26.0. The molecule has 0 radical (unpaired) electrons. The van der Waals surface area contributed by atoms with Crippen LogP contribution in [0.4, 0.5) is 5.82 Å². The summed E-state index contributed by atoms with van der Waals surface area (Å²) >= 11 is 1.48. The van der Waals surface area contributed by atoms with Gasteiger partial charge in [-0.15, -0.1) is 11.3 Å². The smallest absolute Gasteiger partial charge is 0.264 e. The molecule has 1 atom stereocenters. The molecule has 2 aromatic heterocycles. The van der Waals surface area contributed by atoms with E-state index in [9.17, 15) is 4.79 Å². The summed E-state index contributed by atoms with van der Waals surface area (Å²) in [5.41, 5.74) is 0. The van der Waals surface area contributed by atoms with E-state index >= 15 is 0 Å². The zero-order chi connectivity index (χ0) is 17.1. The molecule has 0 N–H and O–H groups in total. The highest BCUT2D eigenvalue weighted by atomic mass is 32.1. The maximum absolute atomic E-state index is 12.4. The number of rotatable bonds is 4. The largest absolute Gasteiger partial charge is 0.472 e. The van der Waals surface area contributed by atoms with Crippen LogP contribution < -0.4 is 9.64 Å². The lowest BCUT2D eigenvalue weighted by Gasteiger charge is -2.27. The quantitative estimate of drug-likeness (QED) is 0.841. The third kappa shape index (κ3) is 3.76. The van der Waals surface area contributed by atoms with Gasteiger partial charge in [0.2, 0.25) is 5.88 Å². The molecule has 132 valence electrons. The Kier molecular flexibility index (Phi) is 4.83. The van der Waals surface area contributed by atoms with Crippen LogP contribution in [0, 0.1) is 0 Å². The number of amides is 1. The second kappa shape index (κ2) is 7.39. The van der Waals surface area contributed by atoms with E-state index < -0.39 is 0 Å². The van der Waals surface area contributed by atoms with Crippen molar-refractivity contribution in [2.24, 2.45) is 0 Å². The van der Waals surface area contributed by atoms with E-state index in [0.717, 1.165) is 36.8 Å². The van der Waals surface area contributed by atoms with Crippen LogP contribution in [0.3, 0.4) is 0 Å². The van der Waals surface area contributed by atoms with Gasteiger partial charge in [0, 0.05) is 32.1 Å². The summed E-state index contributed by atoms with van der Waals surface area (Å²) in [7, 11) is 0. The average molecular weight is 358 g/mol. The zero-order valence-electron chi connectivity index (χ0n) is 14.1. The summed E-state index contributed by atoms with van der Waals surface area (Å²) in [6.45, 7) is 3.43. The zero-order valence-corrected chi connectivity index (χ0v) is 15.0. The van der Waals surface area contributed by atoms with Crippen molar-refractivity contribution in [1.29, 1.82) is 0 Å². The predicted molar refractivity (Wildman–Crippen MR) is 97.4 cm³/mol. The Bertz CT molecular complexity index is 716. The minimum Gasteiger partial charge on any atom is -0.472 e. The van der Waals surface area contributed by atoms with E-state index in [1.165, 1.54) is 30.6 Å². The Morgan fingerprint density at radius 1 is 1.20 bits per heavy atom. The minimum absolute atomic E-state index is 0.00646. The molecule has 0 spiro atoms. The van der Waals surface area contributed by atoms with Crippen molar-refractivity contribution >= 4 is 23.1 Å². The van der Waals surface area contributed by atoms with E-state index in [1.807, 2.05) is 28.5 Å². The van der Waals surface area contributed by atoms with Crippen LogP contribution in [0.1, 0.15) is 35.4 Å². The molecule has 0 saturated carbocycles. The van der Waals surface area contributed by atoms with Crippen molar-refractivity contribution in [3.8, 4) is 5.88 Å². The first kappa shape index (κ1) is 16.3. The number of piperidine rings is 1. The van der Waals surface area contributed by atoms with Gasteiger partial charge in [-0.3, -0.25) is 4.79 Å². The van der Waals surface area contributed by atoms with Gasteiger partial charge < -0.3 is 14.5 Å². The Morgan fingerprint density at radius 3 is 2.88 bits per heavy atom. The molecule has 4 heterocycles. The maximum atomic E-state index is 12.4. The first-order chi connectivity index (χ1) is 12.3. The van der Waals surface area contributed by atoms with Crippen LogP contribution in [0.15, 0.2) is 29.9 Å². The monoisotopic (exact) mass is 358 g/mol. The first-order valence-electron chi connectivity index (χ1n) is 8.86. The highest BCUT2D eigenvalue weighted by molar-refractivity contribution is 7.12. The molecule has 7 heteroatoms. The fraction of sp³-hybridized carbons (Fsp3) is 0.500. The number of carbonyl (C=O) groups excluding carboxylic acids is 1. The topological polar surface area (TPSA) is 58.6 Å². The second-order valence-electron chi connectivity index (χ2n) is 6.52. The van der Waals surface area contributed by atoms with Gasteiger partial charge in [-0.05, 0) is 30.7 Å². The summed E-state index contributed by atoms with van der Waals surface area (Å²) in [6.07, 6.45) is 6.11. The van der Waals surface area contributed by atoms with Crippen LogP contribution in [-0.2, 0) is 0 Å².